The van der Waals surface area contributed by atoms with E-state index >= 15 is 0 Å². The van der Waals surface area contributed by atoms with Crippen LogP contribution in [-0.4, -0.2) is 0 Å². The summed E-state index contributed by atoms with van der Waals surface area (Å²) >= 11 is 0. The van der Waals surface area contributed by atoms with E-state index in [0.717, 1.165) is 17.1 Å². The molecule has 0 atom stereocenters. The van der Waals surface area contributed by atoms with Crippen LogP contribution in [0.15, 0.2) is 267 Å². The second-order valence-electron chi connectivity index (χ2n) is 18.2. The molecule has 2 spiro atoms. The van der Waals surface area contributed by atoms with Gasteiger partial charge < -0.3 is 4.90 Å². The summed E-state index contributed by atoms with van der Waals surface area (Å²) in [5.41, 5.74) is 22.2. The highest BCUT2D eigenvalue weighted by molar-refractivity contribution is 6.01. The van der Waals surface area contributed by atoms with Gasteiger partial charge in [0.25, 0.3) is 0 Å². The monoisotopic (exact) mass is 865 g/mol. The summed E-state index contributed by atoms with van der Waals surface area (Å²) in [6, 6.07) is 88.0. The minimum atomic E-state index is -0.619. The lowest BCUT2D eigenvalue weighted by Crippen LogP contribution is -2.44. The van der Waals surface area contributed by atoms with Crippen molar-refractivity contribution in [1.82, 2.24) is 0 Å². The Morgan fingerprint density at radius 1 is 0.382 bits per heavy atom. The van der Waals surface area contributed by atoms with E-state index in [1.807, 2.05) is 0 Å². The van der Waals surface area contributed by atoms with Crippen LogP contribution in [0, 0.1) is 0 Å². The Hall–Kier alpha value is -8.52. The van der Waals surface area contributed by atoms with Crippen LogP contribution in [0.25, 0.3) is 49.7 Å². The van der Waals surface area contributed by atoms with Gasteiger partial charge in [0.15, 0.2) is 0 Å². The van der Waals surface area contributed by atoms with Crippen LogP contribution in [-0.2, 0) is 10.8 Å². The number of hydrogen-bond donors (Lipinski definition) is 0. The molecule has 0 aromatic heterocycles. The number of rotatable bonds is 7. The predicted molar refractivity (Wildman–Crippen MR) is 285 cm³/mol. The second-order valence-corrected chi connectivity index (χ2v) is 18.2. The van der Waals surface area contributed by atoms with E-state index in [-0.39, 0.29) is 0 Å². The molecule has 0 fully saturated rings. The van der Waals surface area contributed by atoms with Gasteiger partial charge in [-0.25, -0.2) is 0 Å². The maximum absolute atomic E-state index is 4.56. The van der Waals surface area contributed by atoms with Crippen molar-refractivity contribution in [3.63, 3.8) is 0 Å². The lowest BCUT2D eigenvalue weighted by Gasteiger charge is -2.49. The molecule has 0 unspecified atom stereocenters. The van der Waals surface area contributed by atoms with E-state index in [0.29, 0.717) is 0 Å². The van der Waals surface area contributed by atoms with Gasteiger partial charge in [-0.1, -0.05) is 231 Å². The van der Waals surface area contributed by atoms with Crippen LogP contribution < -0.4 is 4.90 Å². The SMILES string of the molecule is C=CC1=C(/C=C\C)c2ccccc2C12c1ccccc1C1(c3ccccc3-c3c(N(c4ccc(-c5ccccc5)cc4)c4ccc(-c5cccc6ccccc56)cc4)cccc31)c1ccccc12. The van der Waals surface area contributed by atoms with E-state index in [9.17, 15) is 0 Å². The van der Waals surface area contributed by atoms with E-state index in [4.69, 9.17) is 0 Å². The molecule has 0 heterocycles. The summed E-state index contributed by atoms with van der Waals surface area (Å²) in [5, 5.41) is 2.49. The fraction of sp³-hybridized carbons (Fsp3) is 0.0448. The van der Waals surface area contributed by atoms with Crippen molar-refractivity contribution in [2.24, 2.45) is 0 Å². The van der Waals surface area contributed by atoms with Crippen molar-refractivity contribution in [2.75, 3.05) is 4.90 Å². The van der Waals surface area contributed by atoms with Crippen LogP contribution in [0.2, 0.25) is 0 Å². The fourth-order valence-corrected chi connectivity index (χ4v) is 12.5. The summed E-state index contributed by atoms with van der Waals surface area (Å²) in [6.45, 7) is 6.68. The molecule has 0 aliphatic heterocycles. The highest BCUT2D eigenvalue weighted by atomic mass is 15.1. The number of allylic oxidation sites excluding steroid dienone is 5. The molecule has 0 amide bonds. The quantitative estimate of drug-likeness (QED) is 0.154. The molecule has 10 aromatic carbocycles. The standard InChI is InChI=1S/C67H47N/c1-3-20-53-54-26-10-12-29-57(54)66(56(53)4-2)59-31-14-16-33-61(59)67(62-34-17-15-32-60(62)66)58-30-13-11-27-55(58)65-63(67)35-19-36-64(65)68(49-41-37-46(38-42-49)45-21-6-5-7-22-45)50-43-39-48(40-44-50)52-28-18-24-47-23-8-9-25-51(47)52/h3-44H,2H2,1H3/b20-3-. The molecule has 0 bridgehead atoms. The predicted octanol–water partition coefficient (Wildman–Crippen LogP) is 17.2. The molecule has 0 N–H and O–H groups in total. The maximum atomic E-state index is 4.56. The minimum absolute atomic E-state index is 0.570. The molecule has 3 aliphatic rings. The third kappa shape index (κ3) is 5.45. The van der Waals surface area contributed by atoms with Crippen molar-refractivity contribution in [3.8, 4) is 33.4 Å². The molecule has 10 aromatic rings. The normalized spacial score (nSPS) is 17.2. The third-order valence-corrected chi connectivity index (χ3v) is 15.1. The molecule has 1 nitrogen and oxygen atoms in total. The summed E-state index contributed by atoms with van der Waals surface area (Å²) < 4.78 is 0. The summed E-state index contributed by atoms with van der Waals surface area (Å²) in [5.74, 6) is 0. The van der Waals surface area contributed by atoms with Crippen LogP contribution in [0.4, 0.5) is 17.1 Å². The Morgan fingerprint density at radius 2 is 0.853 bits per heavy atom. The van der Waals surface area contributed by atoms with Crippen LogP contribution in [0.5, 0.6) is 0 Å². The molecule has 1 heteroatoms. The summed E-state index contributed by atoms with van der Waals surface area (Å²) in [6.07, 6.45) is 6.57. The summed E-state index contributed by atoms with van der Waals surface area (Å²) in [4.78, 5) is 2.48. The highest BCUT2D eigenvalue weighted by Gasteiger charge is 2.59. The molecule has 0 saturated carbocycles. The van der Waals surface area contributed by atoms with Gasteiger partial charge in [-0.05, 0) is 131 Å². The van der Waals surface area contributed by atoms with E-state index in [1.165, 1.54) is 99.8 Å². The van der Waals surface area contributed by atoms with Crippen molar-refractivity contribution in [2.45, 2.75) is 17.8 Å². The Kier molecular flexibility index (Phi) is 9.10. The third-order valence-electron chi connectivity index (χ3n) is 15.1. The molecule has 13 rings (SSSR count). The van der Waals surface area contributed by atoms with Crippen molar-refractivity contribution < 1.29 is 0 Å². The van der Waals surface area contributed by atoms with Gasteiger partial charge in [-0.15, -0.1) is 0 Å². The van der Waals surface area contributed by atoms with Crippen LogP contribution in [0.1, 0.15) is 51.4 Å². The minimum Gasteiger partial charge on any atom is -0.310 e. The number of hydrogen-bond acceptors (Lipinski definition) is 1. The maximum Gasteiger partial charge on any atom is 0.0720 e. The zero-order valence-corrected chi connectivity index (χ0v) is 37.9. The molecule has 0 saturated heterocycles. The van der Waals surface area contributed by atoms with Crippen molar-refractivity contribution >= 4 is 33.4 Å². The second kappa shape index (κ2) is 15.5. The first kappa shape index (κ1) is 39.8. The number of fused-ring (bicyclic) bond motifs is 14. The van der Waals surface area contributed by atoms with Gasteiger partial charge in [-0.2, -0.15) is 0 Å². The first-order chi connectivity index (χ1) is 33.7. The zero-order valence-electron chi connectivity index (χ0n) is 37.9. The Balaban J connectivity index is 1.07. The Morgan fingerprint density at radius 3 is 1.50 bits per heavy atom. The number of nitrogens with zero attached hydrogens (tertiary/aromatic N) is 1. The first-order valence-electron chi connectivity index (χ1n) is 23.7. The van der Waals surface area contributed by atoms with E-state index in [2.05, 4.69) is 273 Å². The van der Waals surface area contributed by atoms with Gasteiger partial charge in [0.1, 0.15) is 0 Å². The molecule has 68 heavy (non-hydrogen) atoms. The first-order valence-corrected chi connectivity index (χ1v) is 23.7. The Bertz CT molecular complexity index is 3650. The number of anilines is 3. The van der Waals surface area contributed by atoms with Crippen LogP contribution in [0.3, 0.4) is 0 Å². The van der Waals surface area contributed by atoms with E-state index < -0.39 is 10.8 Å². The van der Waals surface area contributed by atoms with E-state index in [1.54, 1.807) is 0 Å². The molecule has 320 valence electrons. The fourth-order valence-electron chi connectivity index (χ4n) is 12.5. The van der Waals surface area contributed by atoms with Gasteiger partial charge in [-0.3, -0.25) is 0 Å². The summed E-state index contributed by atoms with van der Waals surface area (Å²) in [7, 11) is 0. The average Bonchev–Trinajstić information content (AvgIpc) is 3.86. The lowest BCUT2D eigenvalue weighted by atomic mass is 9.52. The van der Waals surface area contributed by atoms with Crippen LogP contribution >= 0.6 is 0 Å². The zero-order chi connectivity index (χ0) is 45.4. The van der Waals surface area contributed by atoms with Gasteiger partial charge in [0.2, 0.25) is 0 Å². The highest BCUT2D eigenvalue weighted by Crippen LogP contribution is 2.68. The number of benzene rings is 10. The van der Waals surface area contributed by atoms with Gasteiger partial charge in [0, 0.05) is 16.9 Å². The van der Waals surface area contributed by atoms with Crippen molar-refractivity contribution in [1.29, 1.82) is 0 Å². The molecular weight excluding hydrogens is 819 g/mol. The Labute approximate surface area is 399 Å². The smallest absolute Gasteiger partial charge is 0.0720 e. The molecular formula is C67H47N. The largest absolute Gasteiger partial charge is 0.310 e. The topological polar surface area (TPSA) is 3.24 Å². The average molecular weight is 866 g/mol. The molecule has 3 aliphatic carbocycles. The van der Waals surface area contributed by atoms with Gasteiger partial charge >= 0.3 is 0 Å². The lowest BCUT2D eigenvalue weighted by molar-refractivity contribution is 0.630. The molecule has 0 radical (unpaired) electrons. The van der Waals surface area contributed by atoms with Gasteiger partial charge in [0.05, 0.1) is 16.5 Å². The van der Waals surface area contributed by atoms with Crippen molar-refractivity contribution in [3.05, 3.63) is 311 Å².